The van der Waals surface area contributed by atoms with Crippen LogP contribution in [0.15, 0.2) is 18.2 Å². The summed E-state index contributed by atoms with van der Waals surface area (Å²) in [7, 11) is 4.33. The SMILES string of the molecule is CC#CC(=O)N[C@H](CC(=O)OC)c1ccc(OC)cc1OC. The van der Waals surface area contributed by atoms with E-state index in [1.54, 1.807) is 32.2 Å². The fourth-order valence-electron chi connectivity index (χ4n) is 1.90. The van der Waals surface area contributed by atoms with Crippen LogP contribution in [0.5, 0.6) is 11.5 Å². The molecule has 0 aromatic heterocycles. The standard InChI is InChI=1S/C16H19NO5/c1-5-6-15(18)17-13(10-16(19)22-4)12-8-7-11(20-2)9-14(12)21-3/h7-9,13H,10H2,1-4H3,(H,17,18)/t13-/m1/s1. The maximum atomic E-state index is 11.7. The van der Waals surface area contributed by atoms with Crippen molar-refractivity contribution in [2.45, 2.75) is 19.4 Å². The lowest BCUT2D eigenvalue weighted by Crippen LogP contribution is -2.29. The molecule has 1 rings (SSSR count). The summed E-state index contributed by atoms with van der Waals surface area (Å²) in [6.45, 7) is 1.56. The number of nitrogens with one attached hydrogen (secondary N) is 1. The predicted octanol–water partition coefficient (Wildman–Crippen LogP) is 1.45. The summed E-state index contributed by atoms with van der Waals surface area (Å²) in [6, 6.07) is 4.52. The van der Waals surface area contributed by atoms with E-state index in [1.807, 2.05) is 0 Å². The minimum absolute atomic E-state index is 0.0314. The van der Waals surface area contributed by atoms with Crippen LogP contribution in [0.25, 0.3) is 0 Å². The zero-order chi connectivity index (χ0) is 16.5. The van der Waals surface area contributed by atoms with E-state index in [0.717, 1.165) is 0 Å². The fourth-order valence-corrected chi connectivity index (χ4v) is 1.90. The van der Waals surface area contributed by atoms with E-state index in [9.17, 15) is 9.59 Å². The molecule has 0 unspecified atom stereocenters. The van der Waals surface area contributed by atoms with Crippen molar-refractivity contribution in [2.24, 2.45) is 0 Å². The maximum absolute atomic E-state index is 11.7. The van der Waals surface area contributed by atoms with Gasteiger partial charge in [0.2, 0.25) is 0 Å². The van der Waals surface area contributed by atoms with Crippen molar-refractivity contribution in [1.29, 1.82) is 0 Å². The highest BCUT2D eigenvalue weighted by Crippen LogP contribution is 2.31. The smallest absolute Gasteiger partial charge is 0.307 e. The summed E-state index contributed by atoms with van der Waals surface area (Å²) in [4.78, 5) is 23.3. The normalized spacial score (nSPS) is 10.7. The minimum Gasteiger partial charge on any atom is -0.497 e. The lowest BCUT2D eigenvalue weighted by Gasteiger charge is -2.20. The number of methoxy groups -OCH3 is 3. The first-order valence-electron chi connectivity index (χ1n) is 6.57. The summed E-state index contributed by atoms with van der Waals surface area (Å²) in [5.41, 5.74) is 0.639. The average Bonchev–Trinajstić information content (AvgIpc) is 2.53. The fraction of sp³-hybridized carbons (Fsp3) is 0.375. The molecule has 0 bridgehead atoms. The summed E-state index contributed by atoms with van der Waals surface area (Å²) in [5.74, 6) is 5.07. The number of ether oxygens (including phenoxy) is 3. The van der Waals surface area contributed by atoms with Gasteiger partial charge in [-0.15, -0.1) is 0 Å². The van der Waals surface area contributed by atoms with Gasteiger partial charge < -0.3 is 19.5 Å². The first-order chi connectivity index (χ1) is 10.5. The number of benzene rings is 1. The molecule has 1 amide bonds. The third kappa shape index (κ3) is 4.70. The lowest BCUT2D eigenvalue weighted by atomic mass is 10.0. The van der Waals surface area contributed by atoms with E-state index >= 15 is 0 Å². The monoisotopic (exact) mass is 305 g/mol. The Hall–Kier alpha value is -2.68. The molecule has 6 heteroatoms. The van der Waals surface area contributed by atoms with Gasteiger partial charge in [0.05, 0.1) is 33.8 Å². The highest BCUT2D eigenvalue weighted by Gasteiger charge is 2.22. The van der Waals surface area contributed by atoms with Crippen LogP contribution in [-0.2, 0) is 14.3 Å². The van der Waals surface area contributed by atoms with Gasteiger partial charge in [-0.1, -0.05) is 5.92 Å². The molecule has 22 heavy (non-hydrogen) atoms. The van der Waals surface area contributed by atoms with Crippen molar-refractivity contribution < 1.29 is 23.8 Å². The Kier molecular flexibility index (Phi) is 6.77. The molecule has 6 nitrogen and oxygen atoms in total. The third-order valence-electron chi connectivity index (χ3n) is 2.96. The second-order valence-corrected chi connectivity index (χ2v) is 4.29. The first kappa shape index (κ1) is 17.4. The number of carbonyl (C=O) groups excluding carboxylic acids is 2. The highest BCUT2D eigenvalue weighted by atomic mass is 16.5. The molecule has 0 saturated carbocycles. The van der Waals surface area contributed by atoms with Gasteiger partial charge in [0.25, 0.3) is 5.91 Å². The average molecular weight is 305 g/mol. The maximum Gasteiger partial charge on any atom is 0.307 e. The Balaban J connectivity index is 3.15. The van der Waals surface area contributed by atoms with Gasteiger partial charge in [-0.2, -0.15) is 0 Å². The highest BCUT2D eigenvalue weighted by molar-refractivity contribution is 5.94. The second-order valence-electron chi connectivity index (χ2n) is 4.29. The molecule has 0 aliphatic rings. The molecule has 0 saturated heterocycles. The summed E-state index contributed by atoms with van der Waals surface area (Å²) in [5, 5.41) is 2.68. The minimum atomic E-state index is -0.610. The van der Waals surface area contributed by atoms with Crippen LogP contribution in [-0.4, -0.2) is 33.2 Å². The van der Waals surface area contributed by atoms with Crippen LogP contribution in [0.4, 0.5) is 0 Å². The van der Waals surface area contributed by atoms with Gasteiger partial charge in [0.1, 0.15) is 11.5 Å². The molecule has 1 N–H and O–H groups in total. The number of esters is 1. The van der Waals surface area contributed by atoms with Crippen molar-refractivity contribution >= 4 is 11.9 Å². The molecule has 0 fully saturated rings. The van der Waals surface area contributed by atoms with Crippen LogP contribution >= 0.6 is 0 Å². The van der Waals surface area contributed by atoms with Crippen molar-refractivity contribution in [2.75, 3.05) is 21.3 Å². The lowest BCUT2D eigenvalue weighted by molar-refractivity contribution is -0.141. The molecule has 0 spiro atoms. The molecule has 1 aromatic carbocycles. The van der Waals surface area contributed by atoms with Crippen LogP contribution in [0, 0.1) is 11.8 Å². The molecule has 118 valence electrons. The first-order valence-corrected chi connectivity index (χ1v) is 6.57. The third-order valence-corrected chi connectivity index (χ3v) is 2.96. The van der Waals surface area contributed by atoms with E-state index in [0.29, 0.717) is 17.1 Å². The summed E-state index contributed by atoms with van der Waals surface area (Å²) in [6.07, 6.45) is -0.0314. The van der Waals surface area contributed by atoms with Gasteiger partial charge in [-0.05, 0) is 25.0 Å². The Morgan fingerprint density at radius 1 is 1.23 bits per heavy atom. The molecule has 0 radical (unpaired) electrons. The van der Waals surface area contributed by atoms with Crippen LogP contribution in [0.1, 0.15) is 24.9 Å². The number of carbonyl (C=O) groups is 2. The van der Waals surface area contributed by atoms with E-state index in [2.05, 4.69) is 21.9 Å². The predicted molar refractivity (Wildman–Crippen MR) is 80.5 cm³/mol. The van der Waals surface area contributed by atoms with Gasteiger partial charge in [0, 0.05) is 11.6 Å². The Morgan fingerprint density at radius 3 is 2.50 bits per heavy atom. The van der Waals surface area contributed by atoms with Crippen LogP contribution < -0.4 is 14.8 Å². The molecule has 0 heterocycles. The molecule has 0 aliphatic carbocycles. The number of hydrogen-bond acceptors (Lipinski definition) is 5. The van der Waals surface area contributed by atoms with Gasteiger partial charge in [-0.25, -0.2) is 0 Å². The number of rotatable bonds is 6. The second kappa shape index (κ2) is 8.57. The Morgan fingerprint density at radius 2 is 1.95 bits per heavy atom. The Labute approximate surface area is 129 Å². The topological polar surface area (TPSA) is 73.9 Å². The summed E-state index contributed by atoms with van der Waals surface area (Å²) < 4.78 is 15.1. The van der Waals surface area contributed by atoms with Crippen LogP contribution in [0.2, 0.25) is 0 Å². The number of hydrogen-bond donors (Lipinski definition) is 1. The van der Waals surface area contributed by atoms with Gasteiger partial charge >= 0.3 is 5.97 Å². The largest absolute Gasteiger partial charge is 0.497 e. The van der Waals surface area contributed by atoms with Crippen molar-refractivity contribution in [1.82, 2.24) is 5.32 Å². The van der Waals surface area contributed by atoms with E-state index < -0.39 is 17.9 Å². The van der Waals surface area contributed by atoms with E-state index in [4.69, 9.17) is 9.47 Å². The molecule has 0 aliphatic heterocycles. The molecule has 1 atom stereocenters. The zero-order valence-electron chi connectivity index (χ0n) is 13.1. The Bertz CT molecular complexity index is 600. The van der Waals surface area contributed by atoms with Crippen molar-refractivity contribution in [3.8, 4) is 23.3 Å². The quantitative estimate of drug-likeness (QED) is 0.636. The van der Waals surface area contributed by atoms with Gasteiger partial charge in [0.15, 0.2) is 0 Å². The van der Waals surface area contributed by atoms with Crippen molar-refractivity contribution in [3.05, 3.63) is 23.8 Å². The molecule has 1 aromatic rings. The zero-order valence-corrected chi connectivity index (χ0v) is 13.1. The van der Waals surface area contributed by atoms with E-state index in [1.165, 1.54) is 14.2 Å². The van der Waals surface area contributed by atoms with Crippen molar-refractivity contribution in [3.63, 3.8) is 0 Å². The summed E-state index contributed by atoms with van der Waals surface area (Å²) >= 11 is 0. The molecular weight excluding hydrogens is 286 g/mol. The van der Waals surface area contributed by atoms with Crippen LogP contribution in [0.3, 0.4) is 0 Å². The van der Waals surface area contributed by atoms with E-state index in [-0.39, 0.29) is 6.42 Å². The van der Waals surface area contributed by atoms with Gasteiger partial charge in [-0.3, -0.25) is 9.59 Å². The molecular formula is C16H19NO5. The number of amides is 1.